The van der Waals surface area contributed by atoms with E-state index < -0.39 is 22.2 Å². The average molecular weight is 555 g/mol. The minimum absolute atomic E-state index is 0.0179. The Morgan fingerprint density at radius 1 is 0.900 bits per heavy atom. The largest absolute Gasteiger partial charge is 0.481 e. The summed E-state index contributed by atoms with van der Waals surface area (Å²) in [5.74, 6) is -0.0385. The molecule has 7 atom stereocenters. The highest BCUT2D eigenvalue weighted by Crippen LogP contribution is 2.83. The summed E-state index contributed by atoms with van der Waals surface area (Å²) in [5, 5.41) is 11.1. The second kappa shape index (κ2) is 13.2. The minimum Gasteiger partial charge on any atom is -0.481 e. The first kappa shape index (κ1) is 31.5. The average Bonchev–Trinajstić information content (AvgIpc) is 3.51. The highest BCUT2D eigenvalue weighted by Gasteiger charge is 2.85. The summed E-state index contributed by atoms with van der Waals surface area (Å²) in [5.41, 5.74) is -2.35. The van der Waals surface area contributed by atoms with Crippen LogP contribution in [0.15, 0.2) is 11.6 Å². The van der Waals surface area contributed by atoms with E-state index >= 15 is 0 Å². The van der Waals surface area contributed by atoms with Gasteiger partial charge in [-0.3, -0.25) is 9.59 Å². The third-order valence-electron chi connectivity index (χ3n) is 12.2. The normalized spacial score (nSPS) is 35.7. The van der Waals surface area contributed by atoms with E-state index in [2.05, 4.69) is 19.9 Å². The number of allylic oxidation sites excluding steroid dienone is 1. The quantitative estimate of drug-likeness (QED) is 0.0981. The molecule has 226 valence electrons. The van der Waals surface area contributed by atoms with Crippen molar-refractivity contribution in [2.24, 2.45) is 45.8 Å². The third-order valence-corrected chi connectivity index (χ3v) is 12.2. The topological polar surface area (TPSA) is 71.4 Å². The number of aldehydes is 1. The van der Waals surface area contributed by atoms with E-state index in [-0.39, 0.29) is 29.5 Å². The SMILES string of the molecule is CCCCCCCCCCCCCCCCC(=O)C12C[C@@H]3[C@H](C)CC[C@H]3C3(C=O)CC1C=C(C(C)C)[C@@]23C(=O)O. The van der Waals surface area contributed by atoms with Crippen LogP contribution in [0.2, 0.25) is 0 Å². The van der Waals surface area contributed by atoms with Crippen LogP contribution in [0, 0.1) is 45.8 Å². The van der Waals surface area contributed by atoms with Crippen LogP contribution in [0.25, 0.3) is 0 Å². The smallest absolute Gasteiger partial charge is 0.315 e. The number of carboxylic acid groups (broad SMARTS) is 1. The van der Waals surface area contributed by atoms with Gasteiger partial charge in [0.1, 0.15) is 17.5 Å². The van der Waals surface area contributed by atoms with Crippen molar-refractivity contribution in [1.82, 2.24) is 0 Å². The Labute approximate surface area is 244 Å². The van der Waals surface area contributed by atoms with Crippen LogP contribution in [0.1, 0.15) is 150 Å². The van der Waals surface area contributed by atoms with Crippen molar-refractivity contribution >= 4 is 18.0 Å². The predicted octanol–water partition coefficient (Wildman–Crippen LogP) is 9.35. The lowest BCUT2D eigenvalue weighted by atomic mass is 9.42. The Morgan fingerprint density at radius 3 is 1.95 bits per heavy atom. The summed E-state index contributed by atoms with van der Waals surface area (Å²) < 4.78 is 0. The summed E-state index contributed by atoms with van der Waals surface area (Å²) >= 11 is 0. The number of unbranched alkanes of at least 4 members (excludes halogenated alkanes) is 13. The first-order valence-corrected chi connectivity index (χ1v) is 17.2. The van der Waals surface area contributed by atoms with Crippen LogP contribution >= 0.6 is 0 Å². The van der Waals surface area contributed by atoms with Gasteiger partial charge in [-0.05, 0) is 55.3 Å². The fraction of sp³-hybridized carbons (Fsp3) is 0.861. The predicted molar refractivity (Wildman–Crippen MR) is 162 cm³/mol. The van der Waals surface area contributed by atoms with Gasteiger partial charge in [0.05, 0.1) is 10.8 Å². The Bertz CT molecular complexity index is 935. The molecule has 4 heteroatoms. The Morgan fingerprint density at radius 2 is 1.45 bits per heavy atom. The first-order valence-electron chi connectivity index (χ1n) is 17.2. The maximum Gasteiger partial charge on any atom is 0.315 e. The molecule has 0 saturated heterocycles. The molecule has 3 saturated carbocycles. The molecule has 0 radical (unpaired) electrons. The zero-order chi connectivity index (χ0) is 29.0. The lowest BCUT2D eigenvalue weighted by Gasteiger charge is -2.57. The number of carbonyl (C=O) groups is 3. The molecule has 0 heterocycles. The number of rotatable bonds is 19. The van der Waals surface area contributed by atoms with Crippen molar-refractivity contribution in [3.05, 3.63) is 11.6 Å². The molecule has 0 aromatic rings. The molecule has 0 aliphatic heterocycles. The fourth-order valence-corrected chi connectivity index (χ4v) is 10.4. The molecule has 4 bridgehead atoms. The standard InChI is InChI=1S/C36H58O4/c1-5-6-7-8-9-10-11-12-13-14-15-16-17-18-19-32(38)35-24-29-27(4)20-21-30(29)34(25-37)23-28(35)22-31(26(2)3)36(34,35)33(39)40/h22,25-30H,5-21,23-24H2,1-4H3,(H,39,40)/t27-,28?,29-,30-,34?,35?,36+/m1/s1. The van der Waals surface area contributed by atoms with E-state index in [1.54, 1.807) is 0 Å². The van der Waals surface area contributed by atoms with Crippen LogP contribution in [-0.2, 0) is 14.4 Å². The number of hydrogen-bond donors (Lipinski definition) is 1. The molecule has 0 aromatic heterocycles. The molecule has 1 N–H and O–H groups in total. The van der Waals surface area contributed by atoms with E-state index in [1.165, 1.54) is 70.6 Å². The minimum atomic E-state index is -1.35. The molecule has 0 aromatic carbocycles. The molecule has 3 unspecified atom stereocenters. The highest BCUT2D eigenvalue weighted by atomic mass is 16.4. The molecule has 0 spiro atoms. The Kier molecular flexibility index (Phi) is 10.4. The van der Waals surface area contributed by atoms with Gasteiger partial charge >= 0.3 is 5.97 Å². The monoisotopic (exact) mass is 554 g/mol. The van der Waals surface area contributed by atoms with Crippen molar-refractivity contribution in [2.75, 3.05) is 0 Å². The molecule has 0 amide bonds. The van der Waals surface area contributed by atoms with Crippen LogP contribution in [0.5, 0.6) is 0 Å². The summed E-state index contributed by atoms with van der Waals surface area (Å²) in [4.78, 5) is 41.0. The molecular formula is C36H58O4. The summed E-state index contributed by atoms with van der Waals surface area (Å²) in [6.45, 7) is 8.62. The van der Waals surface area contributed by atoms with Crippen LogP contribution in [-0.4, -0.2) is 23.1 Å². The number of fused-ring (bicyclic) bond motifs is 2. The number of carboxylic acids is 1. The maximum absolute atomic E-state index is 14.4. The highest BCUT2D eigenvalue weighted by molar-refractivity contribution is 6.01. The van der Waals surface area contributed by atoms with Gasteiger partial charge in [-0.2, -0.15) is 0 Å². The summed E-state index contributed by atoms with van der Waals surface area (Å²) in [6.07, 6.45) is 24.6. The number of hydrogen-bond acceptors (Lipinski definition) is 3. The van der Waals surface area contributed by atoms with Gasteiger partial charge < -0.3 is 9.90 Å². The van der Waals surface area contributed by atoms with Crippen LogP contribution in [0.4, 0.5) is 0 Å². The maximum atomic E-state index is 14.4. The summed E-state index contributed by atoms with van der Waals surface area (Å²) in [6, 6.07) is 0. The van der Waals surface area contributed by atoms with E-state index in [0.29, 0.717) is 25.2 Å². The van der Waals surface area contributed by atoms with Crippen molar-refractivity contribution < 1.29 is 19.5 Å². The molecule has 4 aliphatic carbocycles. The van der Waals surface area contributed by atoms with Gasteiger partial charge in [-0.15, -0.1) is 0 Å². The zero-order valence-electron chi connectivity index (χ0n) is 26.1. The van der Waals surface area contributed by atoms with Gasteiger partial charge in [0.2, 0.25) is 0 Å². The van der Waals surface area contributed by atoms with Gasteiger partial charge in [0.15, 0.2) is 0 Å². The van der Waals surface area contributed by atoms with Gasteiger partial charge in [0.25, 0.3) is 0 Å². The molecule has 4 aliphatic rings. The zero-order valence-corrected chi connectivity index (χ0v) is 26.1. The van der Waals surface area contributed by atoms with Crippen LogP contribution < -0.4 is 0 Å². The first-order chi connectivity index (χ1) is 19.2. The molecule has 4 nitrogen and oxygen atoms in total. The van der Waals surface area contributed by atoms with E-state index in [1.807, 2.05) is 13.8 Å². The second-order valence-corrected chi connectivity index (χ2v) is 14.6. The van der Waals surface area contributed by atoms with E-state index in [9.17, 15) is 19.5 Å². The molecular weight excluding hydrogens is 496 g/mol. The fourth-order valence-electron chi connectivity index (χ4n) is 10.4. The molecule has 4 rings (SSSR count). The number of Topliss-reactive ketones (excluding diaryl/α,β-unsaturated/α-hetero) is 1. The van der Waals surface area contributed by atoms with Crippen molar-refractivity contribution in [2.45, 2.75) is 150 Å². The van der Waals surface area contributed by atoms with Crippen molar-refractivity contribution in [1.29, 1.82) is 0 Å². The van der Waals surface area contributed by atoms with Gasteiger partial charge in [-0.25, -0.2) is 0 Å². The molecule has 40 heavy (non-hydrogen) atoms. The van der Waals surface area contributed by atoms with Crippen LogP contribution in [0.3, 0.4) is 0 Å². The second-order valence-electron chi connectivity index (χ2n) is 14.6. The number of carbonyl (C=O) groups excluding carboxylic acids is 2. The van der Waals surface area contributed by atoms with E-state index in [4.69, 9.17) is 0 Å². The van der Waals surface area contributed by atoms with Gasteiger partial charge in [0, 0.05) is 6.42 Å². The number of ketones is 1. The van der Waals surface area contributed by atoms with Crippen molar-refractivity contribution in [3.63, 3.8) is 0 Å². The Balaban J connectivity index is 1.33. The molecule has 3 fully saturated rings. The van der Waals surface area contributed by atoms with Gasteiger partial charge in [-0.1, -0.05) is 129 Å². The lowest BCUT2D eigenvalue weighted by Crippen LogP contribution is -2.64. The lowest BCUT2D eigenvalue weighted by molar-refractivity contribution is -0.183. The third kappa shape index (κ3) is 4.96. The van der Waals surface area contributed by atoms with E-state index in [0.717, 1.165) is 44.0 Å². The van der Waals surface area contributed by atoms with Crippen molar-refractivity contribution in [3.8, 4) is 0 Å². The number of aliphatic carboxylic acids is 1. The Hall–Kier alpha value is -1.45. The summed E-state index contributed by atoms with van der Waals surface area (Å²) in [7, 11) is 0.